The molecule has 5 aliphatic carbocycles. The molecule has 8 unspecified atom stereocenters. The molecule has 0 aromatic heterocycles. The average molecular weight is 603 g/mol. The van der Waals surface area contributed by atoms with Gasteiger partial charge in [-0.25, -0.2) is 0 Å². The lowest BCUT2D eigenvalue weighted by molar-refractivity contribution is -0.181. The fourth-order valence-electron chi connectivity index (χ4n) is 12.1. The Balaban J connectivity index is 0.00000123. The fourth-order valence-corrected chi connectivity index (χ4v) is 12.1. The summed E-state index contributed by atoms with van der Waals surface area (Å²) >= 11 is 0. The van der Waals surface area contributed by atoms with Crippen LogP contribution in [0.1, 0.15) is 110 Å². The van der Waals surface area contributed by atoms with Gasteiger partial charge in [0.1, 0.15) is 0 Å². The maximum absolute atomic E-state index is 13.8. The van der Waals surface area contributed by atoms with Gasteiger partial charge in [0.2, 0.25) is 5.91 Å². The summed E-state index contributed by atoms with van der Waals surface area (Å²) in [7, 11) is 0. The summed E-state index contributed by atoms with van der Waals surface area (Å²) in [6.07, 6.45) is 16.8. The Morgan fingerprint density at radius 3 is 2.34 bits per heavy atom. The molecule has 1 aromatic carbocycles. The SMILES string of the molecule is C=CC.Cc1ccc(C2=CCC3(C)C(CCC4(C)C5CCC6(C(=O)NCCNCCO)CCCC6C5CCC43)C2(C)C)cc1. The molecule has 8 atom stereocenters. The van der Waals surface area contributed by atoms with Crippen molar-refractivity contribution in [2.45, 2.75) is 106 Å². The first-order valence-electron chi connectivity index (χ1n) is 17.9. The van der Waals surface area contributed by atoms with E-state index in [2.05, 4.69) is 82.2 Å². The van der Waals surface area contributed by atoms with Crippen molar-refractivity contribution < 1.29 is 9.90 Å². The summed E-state index contributed by atoms with van der Waals surface area (Å²) in [4.78, 5) is 13.8. The minimum Gasteiger partial charge on any atom is -0.395 e. The van der Waals surface area contributed by atoms with Crippen LogP contribution < -0.4 is 10.6 Å². The number of carbonyl (C=O) groups excluding carboxylic acids is 1. The molecule has 0 spiro atoms. The topological polar surface area (TPSA) is 61.4 Å². The van der Waals surface area contributed by atoms with E-state index in [0.717, 1.165) is 31.2 Å². The lowest BCUT2D eigenvalue weighted by Crippen LogP contribution is -2.62. The Kier molecular flexibility index (Phi) is 9.94. The van der Waals surface area contributed by atoms with Gasteiger partial charge in [-0.1, -0.05) is 76.1 Å². The van der Waals surface area contributed by atoms with Crippen molar-refractivity contribution >= 4 is 11.5 Å². The number of fused-ring (bicyclic) bond motifs is 7. The van der Waals surface area contributed by atoms with Gasteiger partial charge in [0.25, 0.3) is 0 Å². The number of allylic oxidation sites excluding steroid dienone is 3. The predicted octanol–water partition coefficient (Wildman–Crippen LogP) is 8.34. The first-order valence-corrected chi connectivity index (χ1v) is 17.9. The largest absolute Gasteiger partial charge is 0.395 e. The summed E-state index contributed by atoms with van der Waals surface area (Å²) in [5, 5.41) is 15.6. The van der Waals surface area contributed by atoms with Gasteiger partial charge in [-0.15, -0.1) is 6.58 Å². The third-order valence-electron chi connectivity index (χ3n) is 13.8. The molecule has 6 rings (SSSR count). The number of aliphatic hydroxyl groups excluding tert-OH is 1. The third-order valence-corrected chi connectivity index (χ3v) is 13.8. The van der Waals surface area contributed by atoms with Crippen LogP contribution in [0.15, 0.2) is 43.0 Å². The van der Waals surface area contributed by atoms with Gasteiger partial charge in [0, 0.05) is 19.6 Å². The highest BCUT2D eigenvalue weighted by Crippen LogP contribution is 2.73. The Morgan fingerprint density at radius 2 is 1.64 bits per heavy atom. The van der Waals surface area contributed by atoms with Crippen LogP contribution in [0.5, 0.6) is 0 Å². The molecule has 3 N–H and O–H groups in total. The monoisotopic (exact) mass is 602 g/mol. The predicted molar refractivity (Wildman–Crippen MR) is 184 cm³/mol. The Morgan fingerprint density at radius 1 is 0.909 bits per heavy atom. The summed E-state index contributed by atoms with van der Waals surface area (Å²) in [6.45, 7) is 20.0. The molecule has 1 amide bonds. The van der Waals surface area contributed by atoms with Gasteiger partial charge in [-0.05, 0) is 129 Å². The third kappa shape index (κ3) is 5.55. The van der Waals surface area contributed by atoms with E-state index in [9.17, 15) is 4.79 Å². The number of hydrogen-bond acceptors (Lipinski definition) is 3. The van der Waals surface area contributed by atoms with Crippen molar-refractivity contribution in [2.75, 3.05) is 26.2 Å². The number of aryl methyl sites for hydroxylation is 1. The van der Waals surface area contributed by atoms with Crippen LogP contribution in [0, 0.1) is 58.2 Å². The highest BCUT2D eigenvalue weighted by atomic mass is 16.3. The first kappa shape index (κ1) is 33.5. The quantitative estimate of drug-likeness (QED) is 0.217. The van der Waals surface area contributed by atoms with E-state index < -0.39 is 0 Å². The molecular formula is C40H62N2O2. The zero-order valence-electron chi connectivity index (χ0n) is 28.8. The van der Waals surface area contributed by atoms with Crippen molar-refractivity contribution in [1.29, 1.82) is 0 Å². The second kappa shape index (κ2) is 13.1. The van der Waals surface area contributed by atoms with E-state index in [4.69, 9.17) is 5.11 Å². The maximum atomic E-state index is 13.8. The Labute approximate surface area is 268 Å². The second-order valence-electron chi connectivity index (χ2n) is 16.2. The number of benzene rings is 1. The van der Waals surface area contributed by atoms with Gasteiger partial charge in [-0.3, -0.25) is 4.79 Å². The van der Waals surface area contributed by atoms with Crippen LogP contribution in [0.3, 0.4) is 0 Å². The molecule has 0 saturated heterocycles. The second-order valence-corrected chi connectivity index (χ2v) is 16.2. The molecule has 0 bridgehead atoms. The van der Waals surface area contributed by atoms with Crippen LogP contribution >= 0.6 is 0 Å². The summed E-state index contributed by atoms with van der Waals surface area (Å²) in [5.74, 6) is 3.84. The van der Waals surface area contributed by atoms with E-state index in [-0.39, 0.29) is 17.4 Å². The van der Waals surface area contributed by atoms with E-state index >= 15 is 0 Å². The van der Waals surface area contributed by atoms with Crippen molar-refractivity contribution in [3.8, 4) is 0 Å². The molecular weight excluding hydrogens is 540 g/mol. The molecule has 44 heavy (non-hydrogen) atoms. The van der Waals surface area contributed by atoms with Gasteiger partial charge in [-0.2, -0.15) is 0 Å². The van der Waals surface area contributed by atoms with Crippen molar-refractivity contribution in [3.05, 3.63) is 54.1 Å². The number of aliphatic hydroxyl groups is 1. The van der Waals surface area contributed by atoms with Crippen molar-refractivity contribution in [3.63, 3.8) is 0 Å². The molecule has 244 valence electrons. The Bertz CT molecular complexity index is 1200. The maximum Gasteiger partial charge on any atom is 0.226 e. The van der Waals surface area contributed by atoms with E-state index in [1.807, 2.05) is 6.92 Å². The number of rotatable bonds is 7. The van der Waals surface area contributed by atoms with E-state index in [1.165, 1.54) is 62.5 Å². The van der Waals surface area contributed by atoms with Gasteiger partial charge in [0.15, 0.2) is 0 Å². The normalized spacial score (nSPS) is 38.4. The number of nitrogens with one attached hydrogen (secondary N) is 2. The molecule has 0 aliphatic heterocycles. The van der Waals surface area contributed by atoms with Crippen LogP contribution in [-0.4, -0.2) is 37.3 Å². The lowest BCUT2D eigenvalue weighted by atomic mass is 9.36. The van der Waals surface area contributed by atoms with Gasteiger partial charge in [0.05, 0.1) is 12.0 Å². The highest BCUT2D eigenvalue weighted by Gasteiger charge is 2.66. The first-order chi connectivity index (χ1) is 21.0. The summed E-state index contributed by atoms with van der Waals surface area (Å²) < 4.78 is 0. The number of hydrogen-bond donors (Lipinski definition) is 3. The molecule has 4 heteroatoms. The fraction of sp³-hybridized carbons (Fsp3) is 0.725. The smallest absolute Gasteiger partial charge is 0.226 e. The zero-order valence-corrected chi connectivity index (χ0v) is 28.8. The van der Waals surface area contributed by atoms with E-state index in [1.54, 1.807) is 11.6 Å². The van der Waals surface area contributed by atoms with Crippen LogP contribution in [-0.2, 0) is 4.79 Å². The van der Waals surface area contributed by atoms with E-state index in [0.29, 0.717) is 47.6 Å². The Hall–Kier alpha value is -1.91. The number of carbonyl (C=O) groups is 1. The zero-order chi connectivity index (χ0) is 31.8. The van der Waals surface area contributed by atoms with Crippen molar-refractivity contribution in [2.24, 2.45) is 51.2 Å². The van der Waals surface area contributed by atoms with Crippen LogP contribution in [0.2, 0.25) is 0 Å². The molecule has 5 aliphatic rings. The molecule has 4 saturated carbocycles. The summed E-state index contributed by atoms with van der Waals surface area (Å²) in [5.41, 5.74) is 5.11. The highest BCUT2D eigenvalue weighted by molar-refractivity contribution is 5.83. The molecule has 0 radical (unpaired) electrons. The molecule has 0 heterocycles. The molecule has 4 nitrogen and oxygen atoms in total. The van der Waals surface area contributed by atoms with Gasteiger partial charge < -0.3 is 15.7 Å². The van der Waals surface area contributed by atoms with Crippen LogP contribution in [0.25, 0.3) is 5.57 Å². The van der Waals surface area contributed by atoms with Crippen molar-refractivity contribution in [1.82, 2.24) is 10.6 Å². The standard InChI is InChI=1S/C37H56N2O2.C3H6/c1-25-8-10-26(11-9-25)28-14-18-36(5)31(34(28,2)3)16-19-35(4)29-15-20-37(33(41)39-22-21-38-23-24-40)17-6-7-30(37)27(29)12-13-32(35)36;1-3-2/h8-11,14,27,29-32,38,40H,6-7,12-13,15-24H2,1-5H3,(H,39,41);3H,1H2,2H3. The lowest BCUT2D eigenvalue weighted by Gasteiger charge is -2.68. The molecule has 4 fully saturated rings. The number of amides is 1. The van der Waals surface area contributed by atoms with Crippen LogP contribution in [0.4, 0.5) is 0 Å². The average Bonchev–Trinajstić information content (AvgIpc) is 3.44. The summed E-state index contributed by atoms with van der Waals surface area (Å²) in [6, 6.07) is 9.25. The van der Waals surface area contributed by atoms with Gasteiger partial charge >= 0.3 is 0 Å². The minimum atomic E-state index is -0.138. The minimum absolute atomic E-state index is 0.138. The molecule has 1 aromatic rings.